The van der Waals surface area contributed by atoms with Gasteiger partial charge in [0.2, 0.25) is 0 Å². The first-order chi connectivity index (χ1) is 5.15. The Balaban J connectivity index is 2.13. The van der Waals surface area contributed by atoms with E-state index in [1.54, 1.807) is 0 Å². The lowest BCUT2D eigenvalue weighted by atomic mass is 9.78. The summed E-state index contributed by atoms with van der Waals surface area (Å²) in [6.07, 6.45) is 0.974. The molecule has 2 aliphatic rings. The van der Waals surface area contributed by atoms with Gasteiger partial charge in [-0.15, -0.1) is 0 Å². The fraction of sp³-hybridized carbons (Fsp3) is 1.00. The first kappa shape index (κ1) is 7.53. The van der Waals surface area contributed by atoms with Crippen LogP contribution in [0.4, 0.5) is 0 Å². The number of hydrogen-bond acceptors (Lipinski definition) is 3. The summed E-state index contributed by atoms with van der Waals surface area (Å²) < 4.78 is 0. The van der Waals surface area contributed by atoms with Crippen molar-refractivity contribution < 1.29 is 10.2 Å². The minimum atomic E-state index is -0.610. The summed E-state index contributed by atoms with van der Waals surface area (Å²) in [5.74, 6) is 0.486. The fourth-order valence-corrected chi connectivity index (χ4v) is 2.22. The molecule has 2 unspecified atom stereocenters. The smallest absolute Gasteiger partial charge is 0.0975 e. The average molecular weight is 157 g/mol. The summed E-state index contributed by atoms with van der Waals surface area (Å²) in [7, 11) is 0. The third-order valence-corrected chi connectivity index (χ3v) is 3.50. The lowest BCUT2D eigenvalue weighted by molar-refractivity contribution is -0.0975. The summed E-state index contributed by atoms with van der Waals surface area (Å²) in [6, 6.07) is 0. The quantitative estimate of drug-likeness (QED) is 0.499. The second kappa shape index (κ2) is 1.97. The largest absolute Gasteiger partial charge is 0.396 e. The molecule has 1 heterocycles. The normalized spacial score (nSPS) is 46.6. The van der Waals surface area contributed by atoms with Gasteiger partial charge in [-0.2, -0.15) is 0 Å². The van der Waals surface area contributed by atoms with E-state index in [1.165, 1.54) is 0 Å². The zero-order valence-electron chi connectivity index (χ0n) is 6.80. The second-order valence-corrected chi connectivity index (χ2v) is 4.05. The Labute approximate surface area is 66.4 Å². The van der Waals surface area contributed by atoms with Crippen molar-refractivity contribution in [1.29, 1.82) is 0 Å². The van der Waals surface area contributed by atoms with Gasteiger partial charge >= 0.3 is 0 Å². The molecule has 1 aliphatic carbocycles. The SMILES string of the molecule is CC1CC1(CO)C1(O)CNC1. The average Bonchev–Trinajstić information content (AvgIpc) is 2.58. The topological polar surface area (TPSA) is 52.5 Å². The predicted molar refractivity (Wildman–Crippen MR) is 41.1 cm³/mol. The molecule has 3 heteroatoms. The molecule has 0 amide bonds. The van der Waals surface area contributed by atoms with Crippen molar-refractivity contribution in [1.82, 2.24) is 5.32 Å². The Kier molecular flexibility index (Phi) is 1.35. The van der Waals surface area contributed by atoms with Crippen LogP contribution in [-0.4, -0.2) is 35.5 Å². The van der Waals surface area contributed by atoms with E-state index in [1.807, 2.05) is 0 Å². The molecule has 1 aliphatic heterocycles. The van der Waals surface area contributed by atoms with Crippen LogP contribution in [0.5, 0.6) is 0 Å². The molecule has 2 rings (SSSR count). The standard InChI is InChI=1S/C8H15NO2/c1-6-2-7(6,5-10)8(11)3-9-4-8/h6,9-11H,2-5H2,1H3. The van der Waals surface area contributed by atoms with Gasteiger partial charge in [-0.05, 0) is 12.3 Å². The van der Waals surface area contributed by atoms with Crippen molar-refractivity contribution in [2.45, 2.75) is 18.9 Å². The molecule has 3 nitrogen and oxygen atoms in total. The maximum absolute atomic E-state index is 9.95. The van der Waals surface area contributed by atoms with Crippen molar-refractivity contribution in [3.05, 3.63) is 0 Å². The van der Waals surface area contributed by atoms with Gasteiger partial charge in [-0.3, -0.25) is 0 Å². The summed E-state index contributed by atoms with van der Waals surface area (Å²) in [6.45, 7) is 3.52. The van der Waals surface area contributed by atoms with Gasteiger partial charge in [0, 0.05) is 18.5 Å². The molecule has 0 radical (unpaired) electrons. The number of nitrogens with one attached hydrogen (secondary N) is 1. The molecule has 0 aromatic heterocycles. The maximum Gasteiger partial charge on any atom is 0.0975 e. The maximum atomic E-state index is 9.95. The third-order valence-electron chi connectivity index (χ3n) is 3.50. The highest BCUT2D eigenvalue weighted by Gasteiger charge is 2.65. The van der Waals surface area contributed by atoms with Crippen LogP contribution < -0.4 is 5.32 Å². The van der Waals surface area contributed by atoms with Gasteiger partial charge in [0.1, 0.15) is 0 Å². The van der Waals surface area contributed by atoms with Crippen LogP contribution in [0, 0.1) is 11.3 Å². The van der Waals surface area contributed by atoms with Crippen LogP contribution in [0.2, 0.25) is 0 Å². The summed E-state index contributed by atoms with van der Waals surface area (Å²) in [5, 5.41) is 22.1. The van der Waals surface area contributed by atoms with Crippen molar-refractivity contribution in [3.8, 4) is 0 Å². The lowest BCUT2D eigenvalue weighted by Crippen LogP contribution is -2.66. The summed E-state index contributed by atoms with van der Waals surface area (Å²) in [5.41, 5.74) is -0.778. The number of β-amino-alcohol motifs (C(OH)–C–C–N with tert-alkyl or cyclic N) is 1. The zero-order valence-corrected chi connectivity index (χ0v) is 6.80. The molecule has 1 saturated carbocycles. The van der Waals surface area contributed by atoms with Crippen LogP contribution in [0.1, 0.15) is 13.3 Å². The highest BCUT2D eigenvalue weighted by atomic mass is 16.3. The van der Waals surface area contributed by atoms with Crippen LogP contribution in [0.3, 0.4) is 0 Å². The first-order valence-corrected chi connectivity index (χ1v) is 4.19. The zero-order chi connectivity index (χ0) is 8.11. The lowest BCUT2D eigenvalue weighted by Gasteiger charge is -2.44. The molecule has 0 aromatic rings. The van der Waals surface area contributed by atoms with Gasteiger partial charge in [-0.1, -0.05) is 6.92 Å². The van der Waals surface area contributed by atoms with Crippen LogP contribution >= 0.6 is 0 Å². The Morgan fingerprint density at radius 1 is 1.55 bits per heavy atom. The van der Waals surface area contributed by atoms with Crippen molar-refractivity contribution in [3.63, 3.8) is 0 Å². The van der Waals surface area contributed by atoms with Gasteiger partial charge in [-0.25, -0.2) is 0 Å². The van der Waals surface area contributed by atoms with Crippen molar-refractivity contribution in [2.24, 2.45) is 11.3 Å². The Morgan fingerprint density at radius 2 is 2.09 bits per heavy atom. The highest BCUT2D eigenvalue weighted by Crippen LogP contribution is 2.59. The molecule has 0 spiro atoms. The summed E-state index contributed by atoms with van der Waals surface area (Å²) >= 11 is 0. The minimum absolute atomic E-state index is 0.131. The Morgan fingerprint density at radius 3 is 2.18 bits per heavy atom. The van der Waals surface area contributed by atoms with Gasteiger partial charge in [0.05, 0.1) is 12.2 Å². The Hall–Kier alpha value is -0.120. The van der Waals surface area contributed by atoms with Crippen molar-refractivity contribution >= 4 is 0 Å². The first-order valence-electron chi connectivity index (χ1n) is 4.19. The van der Waals surface area contributed by atoms with E-state index < -0.39 is 5.60 Å². The predicted octanol–water partition coefficient (Wildman–Crippen LogP) is -0.661. The van der Waals surface area contributed by atoms with Gasteiger partial charge in [0.15, 0.2) is 0 Å². The molecule has 0 aromatic carbocycles. The van der Waals surface area contributed by atoms with Gasteiger partial charge < -0.3 is 15.5 Å². The number of hydrogen-bond donors (Lipinski definition) is 3. The molecule has 2 fully saturated rings. The number of aliphatic hydroxyl groups is 2. The van der Waals surface area contributed by atoms with Crippen LogP contribution in [0.25, 0.3) is 0 Å². The van der Waals surface area contributed by atoms with E-state index in [0.29, 0.717) is 19.0 Å². The van der Waals surface area contributed by atoms with Crippen LogP contribution in [0.15, 0.2) is 0 Å². The van der Waals surface area contributed by atoms with E-state index in [9.17, 15) is 5.11 Å². The Bertz CT molecular complexity index is 175. The monoisotopic (exact) mass is 157 g/mol. The van der Waals surface area contributed by atoms with Gasteiger partial charge in [0.25, 0.3) is 0 Å². The molecular weight excluding hydrogens is 142 g/mol. The second-order valence-electron chi connectivity index (χ2n) is 4.05. The van der Waals surface area contributed by atoms with E-state index in [0.717, 1.165) is 6.42 Å². The molecule has 0 bridgehead atoms. The van der Waals surface area contributed by atoms with E-state index in [4.69, 9.17) is 5.11 Å². The molecule has 11 heavy (non-hydrogen) atoms. The van der Waals surface area contributed by atoms with Crippen LogP contribution in [-0.2, 0) is 0 Å². The third kappa shape index (κ3) is 0.736. The van der Waals surface area contributed by atoms with Crippen molar-refractivity contribution in [2.75, 3.05) is 19.7 Å². The number of aliphatic hydroxyl groups excluding tert-OH is 1. The molecular formula is C8H15NO2. The van der Waals surface area contributed by atoms with E-state index >= 15 is 0 Å². The minimum Gasteiger partial charge on any atom is -0.396 e. The molecule has 64 valence electrons. The van der Waals surface area contributed by atoms with E-state index in [2.05, 4.69) is 12.2 Å². The van der Waals surface area contributed by atoms with E-state index in [-0.39, 0.29) is 12.0 Å². The highest BCUT2D eigenvalue weighted by molar-refractivity contribution is 5.17. The number of rotatable bonds is 2. The fourth-order valence-electron chi connectivity index (χ4n) is 2.22. The molecule has 3 N–H and O–H groups in total. The molecule has 2 atom stereocenters. The summed E-state index contributed by atoms with van der Waals surface area (Å²) in [4.78, 5) is 0. The molecule has 1 saturated heterocycles.